The van der Waals surface area contributed by atoms with Gasteiger partial charge in [0.25, 0.3) is 0 Å². The molecule has 0 heterocycles. The quantitative estimate of drug-likeness (QED) is 0.371. The number of esters is 4. The highest BCUT2D eigenvalue weighted by Crippen LogP contribution is 2.59. The first-order chi connectivity index (χ1) is 16.3. The average molecular weight is 483 g/mol. The molecule has 3 aliphatic carbocycles. The van der Waals surface area contributed by atoms with E-state index in [1.54, 1.807) is 13.8 Å². The summed E-state index contributed by atoms with van der Waals surface area (Å²) in [7, 11) is 0. The van der Waals surface area contributed by atoms with E-state index in [0.29, 0.717) is 39.3 Å². The van der Waals surface area contributed by atoms with Crippen molar-refractivity contribution < 1.29 is 38.1 Å². The molecule has 0 radical (unpaired) electrons. The van der Waals surface area contributed by atoms with E-state index < -0.39 is 10.8 Å². The smallest absolute Gasteiger partial charge is 0.312 e. The molecule has 0 saturated heterocycles. The number of ether oxygens (including phenoxy) is 4. The van der Waals surface area contributed by atoms with E-state index >= 15 is 0 Å². The molecular weight excluding hydrogens is 440 g/mol. The van der Waals surface area contributed by atoms with Crippen LogP contribution in [0.3, 0.4) is 0 Å². The molecule has 0 aromatic heterocycles. The molecule has 0 aliphatic heterocycles. The molecule has 3 rings (SSSR count). The molecule has 0 N–H and O–H groups in total. The molecule has 0 aromatic rings. The number of fused-ring (bicyclic) bond motifs is 2. The third-order valence-electron chi connectivity index (χ3n) is 7.40. The van der Waals surface area contributed by atoms with Gasteiger partial charge in [0, 0.05) is 0 Å². The van der Waals surface area contributed by atoms with E-state index in [0.717, 1.165) is 51.4 Å². The Morgan fingerprint density at radius 3 is 1.41 bits per heavy atom. The topological polar surface area (TPSA) is 105 Å². The van der Waals surface area contributed by atoms with E-state index in [2.05, 4.69) is 0 Å². The van der Waals surface area contributed by atoms with Crippen LogP contribution >= 0.6 is 0 Å². The fraction of sp³-hybridized carbons (Fsp3) is 0.846. The van der Waals surface area contributed by atoms with Crippen LogP contribution in [0.15, 0.2) is 0 Å². The Morgan fingerprint density at radius 2 is 1.03 bits per heavy atom. The van der Waals surface area contributed by atoms with Crippen LogP contribution in [0.4, 0.5) is 0 Å². The summed E-state index contributed by atoms with van der Waals surface area (Å²) in [4.78, 5) is 47.4. The minimum absolute atomic E-state index is 0.115. The van der Waals surface area contributed by atoms with Gasteiger partial charge in [-0.25, -0.2) is 0 Å². The molecule has 3 aliphatic rings. The van der Waals surface area contributed by atoms with E-state index in [-0.39, 0.29) is 35.7 Å². The molecular formula is C26H42O8. The second kappa shape index (κ2) is 13.1. The zero-order chi connectivity index (χ0) is 25.2. The van der Waals surface area contributed by atoms with Crippen molar-refractivity contribution in [2.45, 2.75) is 91.9 Å². The van der Waals surface area contributed by atoms with Crippen molar-refractivity contribution in [2.24, 2.45) is 22.7 Å². The second-order valence-corrected chi connectivity index (χ2v) is 9.60. The van der Waals surface area contributed by atoms with Crippen LogP contribution in [0.25, 0.3) is 0 Å². The summed E-state index contributed by atoms with van der Waals surface area (Å²) in [6, 6.07) is 0. The summed E-state index contributed by atoms with van der Waals surface area (Å²) in [5.74, 6) is -0.814. The molecule has 8 nitrogen and oxygen atoms in total. The first kappa shape index (κ1) is 28.1. The van der Waals surface area contributed by atoms with E-state index in [9.17, 15) is 19.2 Å². The van der Waals surface area contributed by atoms with Crippen LogP contribution in [0.2, 0.25) is 0 Å². The maximum atomic E-state index is 12.1. The van der Waals surface area contributed by atoms with Crippen LogP contribution < -0.4 is 0 Å². The number of carbonyl (C=O) groups excluding carboxylic acids is 4. The first-order valence-corrected chi connectivity index (χ1v) is 12.9. The molecule has 0 aromatic carbocycles. The Balaban J connectivity index is 0.000000242. The predicted molar refractivity (Wildman–Crippen MR) is 125 cm³/mol. The molecule has 194 valence electrons. The normalized spacial score (nSPS) is 29.8. The van der Waals surface area contributed by atoms with Crippen molar-refractivity contribution in [2.75, 3.05) is 26.4 Å². The maximum Gasteiger partial charge on any atom is 0.312 e. The molecule has 8 heteroatoms. The van der Waals surface area contributed by atoms with Crippen molar-refractivity contribution in [3.63, 3.8) is 0 Å². The van der Waals surface area contributed by atoms with Gasteiger partial charge >= 0.3 is 23.9 Å². The zero-order valence-electron chi connectivity index (χ0n) is 21.3. The van der Waals surface area contributed by atoms with E-state index in [1.165, 1.54) is 0 Å². The molecule has 0 amide bonds. The van der Waals surface area contributed by atoms with E-state index in [4.69, 9.17) is 18.9 Å². The highest BCUT2D eigenvalue weighted by molar-refractivity contribution is 5.83. The number of hydrogen-bond donors (Lipinski definition) is 0. The Kier molecular flexibility index (Phi) is 10.8. The Labute approximate surface area is 203 Å². The number of hydrogen-bond acceptors (Lipinski definition) is 8. The Hall–Kier alpha value is -2.12. The summed E-state index contributed by atoms with van der Waals surface area (Å²) in [5, 5.41) is 0. The van der Waals surface area contributed by atoms with Gasteiger partial charge < -0.3 is 18.9 Å². The fourth-order valence-corrected chi connectivity index (χ4v) is 5.75. The van der Waals surface area contributed by atoms with Crippen molar-refractivity contribution in [3.05, 3.63) is 0 Å². The lowest BCUT2D eigenvalue weighted by atomic mass is 9.69. The highest BCUT2D eigenvalue weighted by atomic mass is 16.5. The lowest BCUT2D eigenvalue weighted by Crippen LogP contribution is -2.39. The molecule has 4 unspecified atom stereocenters. The Morgan fingerprint density at radius 1 is 0.618 bits per heavy atom. The summed E-state index contributed by atoms with van der Waals surface area (Å²) < 4.78 is 20.3. The van der Waals surface area contributed by atoms with Crippen molar-refractivity contribution in [1.29, 1.82) is 0 Å². The molecule has 4 atom stereocenters. The second-order valence-electron chi connectivity index (χ2n) is 9.60. The summed E-state index contributed by atoms with van der Waals surface area (Å²) in [5.41, 5.74) is -0.831. The van der Waals surface area contributed by atoms with Crippen LogP contribution in [0.5, 0.6) is 0 Å². The third-order valence-corrected chi connectivity index (χ3v) is 7.40. The minimum atomic E-state index is -0.416. The molecule has 3 fully saturated rings. The Bertz CT molecular complexity index is 664. The van der Waals surface area contributed by atoms with Gasteiger partial charge in [-0.1, -0.05) is 12.8 Å². The number of carbonyl (C=O) groups is 4. The standard InChI is InChI=1S/C14H22O4.C12H20O4/c1-3-17-11(15)13-6-5-7-14(10-13,9-8-13)12(16)18-4-2;1-3-15-11(13)9-6-5-7-10(8-9)12(14)16-4-2/h3-10H2,1-2H3;9-10H,3-8H2,1-2H3. The summed E-state index contributed by atoms with van der Waals surface area (Å²) in [6.07, 6.45) is 7.92. The van der Waals surface area contributed by atoms with Crippen molar-refractivity contribution in [1.82, 2.24) is 0 Å². The SMILES string of the molecule is CCOC(=O)C12CCCC(C(=O)OCC)(CC1)C2.CCOC(=O)C1CCCC(C(=O)OCC)C1. The first-order valence-electron chi connectivity index (χ1n) is 12.9. The van der Waals surface area contributed by atoms with Crippen LogP contribution in [-0.4, -0.2) is 50.3 Å². The largest absolute Gasteiger partial charge is 0.466 e. The summed E-state index contributed by atoms with van der Waals surface area (Å²) in [6.45, 7) is 8.86. The maximum absolute atomic E-state index is 12.1. The fourth-order valence-electron chi connectivity index (χ4n) is 5.75. The van der Waals surface area contributed by atoms with Crippen LogP contribution in [-0.2, 0) is 38.1 Å². The van der Waals surface area contributed by atoms with Crippen molar-refractivity contribution >= 4 is 23.9 Å². The monoisotopic (exact) mass is 482 g/mol. The molecule has 2 bridgehead atoms. The minimum Gasteiger partial charge on any atom is -0.466 e. The van der Waals surface area contributed by atoms with Gasteiger partial charge in [0.1, 0.15) is 0 Å². The predicted octanol–water partition coefficient (Wildman–Crippen LogP) is 4.37. The zero-order valence-corrected chi connectivity index (χ0v) is 21.3. The number of rotatable bonds is 8. The van der Waals surface area contributed by atoms with Gasteiger partial charge in [0.05, 0.1) is 49.1 Å². The van der Waals surface area contributed by atoms with Gasteiger partial charge in [0.2, 0.25) is 0 Å². The van der Waals surface area contributed by atoms with Crippen molar-refractivity contribution in [3.8, 4) is 0 Å². The molecule has 3 saturated carbocycles. The average Bonchev–Trinajstić information content (AvgIpc) is 3.12. The van der Waals surface area contributed by atoms with Gasteiger partial charge in [-0.15, -0.1) is 0 Å². The lowest BCUT2D eigenvalue weighted by Gasteiger charge is -2.36. The van der Waals surface area contributed by atoms with E-state index in [1.807, 2.05) is 13.8 Å². The lowest BCUT2D eigenvalue weighted by molar-refractivity contribution is -0.163. The van der Waals surface area contributed by atoms with Gasteiger partial charge in [0.15, 0.2) is 0 Å². The van der Waals surface area contributed by atoms with Gasteiger partial charge in [-0.2, -0.15) is 0 Å². The molecule has 34 heavy (non-hydrogen) atoms. The van der Waals surface area contributed by atoms with Gasteiger partial charge in [-0.05, 0) is 79.1 Å². The van der Waals surface area contributed by atoms with Crippen LogP contribution in [0.1, 0.15) is 91.9 Å². The highest BCUT2D eigenvalue weighted by Gasteiger charge is 2.59. The molecule has 0 spiro atoms. The van der Waals surface area contributed by atoms with Crippen LogP contribution in [0, 0.1) is 22.7 Å². The third kappa shape index (κ3) is 6.72. The van der Waals surface area contributed by atoms with Gasteiger partial charge in [-0.3, -0.25) is 19.2 Å². The summed E-state index contributed by atoms with van der Waals surface area (Å²) >= 11 is 0.